The van der Waals surface area contributed by atoms with Crippen LogP contribution < -0.4 is 11.1 Å². The second-order valence-corrected chi connectivity index (χ2v) is 7.76. The van der Waals surface area contributed by atoms with Crippen LogP contribution in [-0.2, 0) is 16.0 Å². The quantitative estimate of drug-likeness (QED) is 0.200. The van der Waals surface area contributed by atoms with E-state index in [0.29, 0.717) is 24.4 Å². The number of aliphatic carboxylic acids is 2. The van der Waals surface area contributed by atoms with Gasteiger partial charge >= 0.3 is 18.1 Å². The maximum atomic E-state index is 11.2. The summed E-state index contributed by atoms with van der Waals surface area (Å²) < 4.78 is 33.0. The second kappa shape index (κ2) is 14.5. The molecule has 0 bridgehead atoms. The van der Waals surface area contributed by atoms with Crippen molar-refractivity contribution >= 4 is 51.7 Å². The van der Waals surface area contributed by atoms with Gasteiger partial charge in [-0.1, -0.05) is 24.4 Å². The number of rotatable bonds is 10. The van der Waals surface area contributed by atoms with Gasteiger partial charge in [0.15, 0.2) is 0 Å². The Morgan fingerprint density at radius 1 is 1.14 bits per heavy atom. The molecule has 0 heterocycles. The lowest BCUT2D eigenvalue weighted by atomic mass is 10.1. The summed E-state index contributed by atoms with van der Waals surface area (Å²) in [4.78, 5) is 20.7. The van der Waals surface area contributed by atoms with Crippen molar-refractivity contribution in [1.29, 1.82) is 0 Å². The number of alkyl halides is 3. The van der Waals surface area contributed by atoms with Gasteiger partial charge in [0.1, 0.15) is 6.04 Å². The van der Waals surface area contributed by atoms with E-state index in [4.69, 9.17) is 27.9 Å². The number of unbranched alkanes of at least 4 members (excludes halogenated alkanes) is 1. The number of carboxylic acid groups (broad SMARTS) is 2. The first-order valence-corrected chi connectivity index (χ1v) is 10.2. The number of thiocarbonyl (C=S) groups is 1. The minimum absolute atomic E-state index is 0.559. The van der Waals surface area contributed by atoms with Crippen LogP contribution in [0.1, 0.15) is 37.7 Å². The van der Waals surface area contributed by atoms with Gasteiger partial charge in [0.05, 0.1) is 4.99 Å². The van der Waals surface area contributed by atoms with Crippen LogP contribution in [0.25, 0.3) is 0 Å². The molecule has 29 heavy (non-hydrogen) atoms. The van der Waals surface area contributed by atoms with Crippen LogP contribution in [0.4, 0.5) is 13.2 Å². The zero-order valence-corrected chi connectivity index (χ0v) is 18.5. The molecule has 5 N–H and O–H groups in total. The number of hydrogen-bond acceptors (Lipinski definition) is 4. The van der Waals surface area contributed by atoms with Gasteiger partial charge in [-0.25, -0.2) is 9.59 Å². The average Bonchev–Trinajstić information content (AvgIpc) is 2.62. The van der Waals surface area contributed by atoms with Crippen LogP contribution >= 0.6 is 34.8 Å². The summed E-state index contributed by atoms with van der Waals surface area (Å²) in [5.41, 5.74) is 6.71. The largest absolute Gasteiger partial charge is 0.490 e. The zero-order valence-electron chi connectivity index (χ0n) is 15.5. The van der Waals surface area contributed by atoms with Crippen molar-refractivity contribution in [3.8, 4) is 0 Å². The predicted molar refractivity (Wildman–Crippen MR) is 116 cm³/mol. The first kappa shape index (κ1) is 27.5. The summed E-state index contributed by atoms with van der Waals surface area (Å²) >= 11 is 7.55. The molecule has 164 valence electrons. The average molecular weight is 548 g/mol. The lowest BCUT2D eigenvalue weighted by Gasteiger charge is -2.16. The van der Waals surface area contributed by atoms with Gasteiger partial charge in [0.25, 0.3) is 0 Å². The van der Waals surface area contributed by atoms with Gasteiger partial charge in [-0.15, -0.1) is 0 Å². The smallest absolute Gasteiger partial charge is 0.480 e. The van der Waals surface area contributed by atoms with E-state index >= 15 is 0 Å². The molecule has 0 fully saturated rings. The lowest BCUT2D eigenvalue weighted by molar-refractivity contribution is -0.192. The molecule has 6 nitrogen and oxygen atoms in total. The number of carboxylic acids is 2. The summed E-state index contributed by atoms with van der Waals surface area (Å²) in [5.74, 6) is -3.61. The Bertz CT molecular complexity index is 658. The second-order valence-electron chi connectivity index (χ2n) is 6.03. The van der Waals surface area contributed by atoms with E-state index < -0.39 is 24.2 Å². The highest BCUT2D eigenvalue weighted by molar-refractivity contribution is 14.1. The molecule has 0 aliphatic carbocycles. The zero-order chi connectivity index (χ0) is 22.4. The number of benzene rings is 1. The predicted octanol–water partition coefficient (Wildman–Crippen LogP) is 3.75. The monoisotopic (exact) mass is 548 g/mol. The maximum Gasteiger partial charge on any atom is 0.490 e. The van der Waals surface area contributed by atoms with Gasteiger partial charge in [-0.3, -0.25) is 0 Å². The Labute approximate surface area is 186 Å². The highest BCUT2D eigenvalue weighted by atomic mass is 127. The Morgan fingerprint density at radius 2 is 1.69 bits per heavy atom. The van der Waals surface area contributed by atoms with Crippen molar-refractivity contribution < 1.29 is 33.0 Å². The number of hydrogen-bond donors (Lipinski definition) is 4. The van der Waals surface area contributed by atoms with Gasteiger partial charge in [0, 0.05) is 3.57 Å². The fraction of sp³-hybridized carbons (Fsp3) is 0.500. The topological polar surface area (TPSA) is 113 Å². The molecule has 1 atom stereocenters. The molecule has 11 heteroatoms. The first-order valence-electron chi connectivity index (χ1n) is 8.74. The van der Waals surface area contributed by atoms with E-state index in [1.807, 2.05) is 0 Å². The third-order valence-electron chi connectivity index (χ3n) is 3.61. The first-order chi connectivity index (χ1) is 13.5. The standard InChI is InChI=1S/C16H23IN2O2S.C2HF3O2/c17-13-9-7-12(8-10-13)4-3-6-15(22)19-14(16(20)21)5-1-2-11-18;3-2(4,5)1(6)7/h7-10,14H,1-6,11,18H2,(H,19,22)(H,20,21);(H,6,7)/t14-;/m0./s1. The number of halogens is 4. The van der Waals surface area contributed by atoms with Crippen molar-refractivity contribution in [2.24, 2.45) is 5.73 Å². The van der Waals surface area contributed by atoms with Crippen LogP contribution in [0, 0.1) is 3.57 Å². The summed E-state index contributed by atoms with van der Waals surface area (Å²) in [5, 5.41) is 19.3. The van der Waals surface area contributed by atoms with Gasteiger partial charge in [-0.2, -0.15) is 13.2 Å². The number of aryl methyl sites for hydroxylation is 1. The van der Waals surface area contributed by atoms with Crippen molar-refractivity contribution in [3.63, 3.8) is 0 Å². The molecule has 0 spiro atoms. The minimum atomic E-state index is -5.08. The minimum Gasteiger partial charge on any atom is -0.480 e. The molecule has 0 saturated carbocycles. The summed E-state index contributed by atoms with van der Waals surface area (Å²) in [6.07, 6.45) is -0.312. The number of nitrogens with two attached hydrogens (primary N) is 1. The van der Waals surface area contributed by atoms with Gasteiger partial charge < -0.3 is 21.3 Å². The maximum absolute atomic E-state index is 11.2. The summed E-state index contributed by atoms with van der Waals surface area (Å²) in [6, 6.07) is 7.81. The molecule has 0 aliphatic rings. The Morgan fingerprint density at radius 3 is 2.14 bits per heavy atom. The Balaban J connectivity index is 0.000000956. The van der Waals surface area contributed by atoms with Crippen LogP contribution in [-0.4, -0.2) is 45.9 Å². The SMILES string of the molecule is NCCCC[C@H](NC(=S)CCCc1ccc(I)cc1)C(=O)O.O=C(O)C(F)(F)F. The fourth-order valence-corrected chi connectivity index (χ4v) is 2.77. The molecule has 1 rings (SSSR count). The molecule has 0 aliphatic heterocycles. The van der Waals surface area contributed by atoms with E-state index in [1.54, 1.807) is 0 Å². The fourth-order valence-electron chi connectivity index (χ4n) is 2.12. The molecule has 1 aromatic carbocycles. The highest BCUT2D eigenvalue weighted by Crippen LogP contribution is 2.13. The normalized spacial score (nSPS) is 11.8. The summed E-state index contributed by atoms with van der Waals surface area (Å²) in [6.45, 7) is 0.590. The molecule has 0 unspecified atom stereocenters. The summed E-state index contributed by atoms with van der Waals surface area (Å²) in [7, 11) is 0. The number of carbonyl (C=O) groups is 2. The van der Waals surface area contributed by atoms with Crippen LogP contribution in [0.5, 0.6) is 0 Å². The third-order valence-corrected chi connectivity index (χ3v) is 4.65. The van der Waals surface area contributed by atoms with E-state index in [-0.39, 0.29) is 0 Å². The van der Waals surface area contributed by atoms with Crippen LogP contribution in [0.3, 0.4) is 0 Å². The highest BCUT2D eigenvalue weighted by Gasteiger charge is 2.38. The molecular formula is C18H24F3IN2O4S. The molecule has 0 aromatic heterocycles. The van der Waals surface area contributed by atoms with E-state index in [0.717, 1.165) is 25.7 Å². The van der Waals surface area contributed by atoms with Crippen molar-refractivity contribution in [1.82, 2.24) is 5.32 Å². The van der Waals surface area contributed by atoms with Crippen LogP contribution in [0.15, 0.2) is 24.3 Å². The van der Waals surface area contributed by atoms with Crippen molar-refractivity contribution in [2.75, 3.05) is 6.54 Å². The van der Waals surface area contributed by atoms with Crippen molar-refractivity contribution in [3.05, 3.63) is 33.4 Å². The Kier molecular flexibility index (Phi) is 13.8. The van der Waals surface area contributed by atoms with Gasteiger partial charge in [0.2, 0.25) is 0 Å². The number of nitrogens with one attached hydrogen (secondary N) is 1. The van der Waals surface area contributed by atoms with E-state index in [2.05, 4.69) is 52.2 Å². The molecule has 1 aromatic rings. The lowest BCUT2D eigenvalue weighted by Crippen LogP contribution is -2.40. The molecule has 0 amide bonds. The molecule has 0 saturated heterocycles. The molecular weight excluding hydrogens is 524 g/mol. The van der Waals surface area contributed by atoms with E-state index in [9.17, 15) is 23.1 Å². The Hall–Kier alpha value is -1.47. The molecule has 0 radical (unpaired) electrons. The van der Waals surface area contributed by atoms with E-state index in [1.165, 1.54) is 9.13 Å². The van der Waals surface area contributed by atoms with Gasteiger partial charge in [-0.05, 0) is 85.4 Å². The third kappa shape index (κ3) is 14.2. The van der Waals surface area contributed by atoms with Crippen molar-refractivity contribution in [2.45, 2.75) is 50.7 Å². The van der Waals surface area contributed by atoms with Crippen LogP contribution in [0.2, 0.25) is 0 Å².